The van der Waals surface area contributed by atoms with Crippen molar-refractivity contribution in [3.63, 3.8) is 0 Å². The molecule has 82 heavy (non-hydrogen) atoms. The summed E-state index contributed by atoms with van der Waals surface area (Å²) >= 11 is 0. The summed E-state index contributed by atoms with van der Waals surface area (Å²) in [6.45, 7) is 10.7. The number of hydrogen-bond donors (Lipinski definition) is 0. The number of nitrogens with zero attached hydrogens (tertiary/aromatic N) is 2. The first-order chi connectivity index (χ1) is 40.3. The van der Waals surface area contributed by atoms with Gasteiger partial charge in [0.05, 0.1) is 0 Å². The highest BCUT2D eigenvalue weighted by molar-refractivity contribution is 6.14. The molecule has 0 unspecified atom stereocenters. The maximum absolute atomic E-state index is 2.53. The first kappa shape index (κ1) is 49.3. The highest BCUT2D eigenvalue weighted by atomic mass is 15.0. The average Bonchev–Trinajstić information content (AvgIpc) is 4.06. The van der Waals surface area contributed by atoms with Crippen molar-refractivity contribution < 1.29 is 0 Å². The van der Waals surface area contributed by atoms with E-state index < -0.39 is 0 Å². The molecule has 14 aromatic rings. The van der Waals surface area contributed by atoms with Crippen LogP contribution in [0, 0.1) is 13.8 Å². The van der Waals surface area contributed by atoms with E-state index in [4.69, 9.17) is 0 Å². The van der Waals surface area contributed by atoms with Crippen molar-refractivity contribution >= 4 is 66.0 Å². The molecule has 0 saturated carbocycles. The van der Waals surface area contributed by atoms with Crippen molar-refractivity contribution in [1.82, 2.24) is 9.13 Å². The summed E-state index contributed by atoms with van der Waals surface area (Å²) in [7, 11) is 0. The van der Waals surface area contributed by atoms with Crippen LogP contribution < -0.4 is 0 Å². The first-order valence-corrected chi connectivity index (χ1v) is 29.3. The molecular formula is C80H62N2. The van der Waals surface area contributed by atoms with E-state index in [0.717, 1.165) is 25.9 Å². The molecule has 2 heterocycles. The third kappa shape index (κ3) is 8.40. The molecule has 0 bridgehead atoms. The maximum Gasteiger partial charge on any atom is 0.0491 e. The topological polar surface area (TPSA) is 9.86 Å². The Kier molecular flexibility index (Phi) is 12.1. The fraction of sp³-hybridized carbons (Fsp3) is 0.100. The Hall–Kier alpha value is -9.76. The van der Waals surface area contributed by atoms with Gasteiger partial charge in [-0.2, -0.15) is 0 Å². The van der Waals surface area contributed by atoms with Gasteiger partial charge in [-0.25, -0.2) is 0 Å². The Bertz CT molecular complexity index is 4850. The highest BCUT2D eigenvalue weighted by Gasteiger charge is 2.25. The number of fused-ring (bicyclic) bond motifs is 8. The van der Waals surface area contributed by atoms with Crippen LogP contribution in [0.2, 0.25) is 0 Å². The summed E-state index contributed by atoms with van der Waals surface area (Å²) in [5, 5.41) is 7.79. The lowest BCUT2D eigenvalue weighted by Gasteiger charge is -2.27. The van der Waals surface area contributed by atoms with Crippen LogP contribution in [0.1, 0.15) is 48.1 Å². The van der Waals surface area contributed by atoms with Crippen LogP contribution in [0.5, 0.6) is 0 Å². The molecule has 12 aromatic carbocycles. The lowest BCUT2D eigenvalue weighted by atomic mass is 9.77. The van der Waals surface area contributed by atoms with Crippen LogP contribution >= 0.6 is 0 Å². The van der Waals surface area contributed by atoms with E-state index >= 15 is 0 Å². The summed E-state index contributed by atoms with van der Waals surface area (Å²) in [6, 6.07) is 93.8. The van der Waals surface area contributed by atoms with E-state index in [-0.39, 0.29) is 0 Å². The van der Waals surface area contributed by atoms with E-state index in [1.807, 2.05) is 0 Å². The molecule has 2 aromatic heterocycles. The quantitative estimate of drug-likeness (QED) is 0.129. The molecule has 0 amide bonds. The zero-order valence-electron chi connectivity index (χ0n) is 47.0. The Balaban J connectivity index is 0.821. The molecular weight excluding hydrogens is 989 g/mol. The fourth-order valence-electron chi connectivity index (χ4n) is 13.7. The summed E-state index contributed by atoms with van der Waals surface area (Å²) in [4.78, 5) is 0. The van der Waals surface area contributed by atoms with Gasteiger partial charge in [-0.3, -0.25) is 0 Å². The van der Waals surface area contributed by atoms with E-state index in [1.165, 1.54) is 166 Å². The second kappa shape index (κ2) is 20.1. The lowest BCUT2D eigenvalue weighted by Crippen LogP contribution is -2.05. The van der Waals surface area contributed by atoms with Crippen LogP contribution in [-0.4, -0.2) is 9.13 Å². The van der Waals surface area contributed by atoms with Crippen LogP contribution in [0.25, 0.3) is 144 Å². The monoisotopic (exact) mass is 1050 g/mol. The number of hydrogen-bond acceptors (Lipinski definition) is 0. The molecule has 1 aliphatic rings. The molecule has 0 fully saturated rings. The van der Waals surface area contributed by atoms with Gasteiger partial charge in [-0.05, 0) is 194 Å². The van der Waals surface area contributed by atoms with Gasteiger partial charge in [0.25, 0.3) is 0 Å². The largest absolute Gasteiger partial charge is 0.341 e. The van der Waals surface area contributed by atoms with Crippen molar-refractivity contribution in [3.05, 3.63) is 277 Å². The SMILES string of the molecule is CCn1c2ccccc2c2cc(-c3ccc(-c4ccc(-c5c6c(c(-c7ccc(-c8ccc(-c9ccc%10c(c9)c9ccccc9n%10CC)cc8)cc7)c7cc(-c8cccc(C)c8)ccc57)CCC(c5cccc(C)c5)=C6)cc4)cc3)ccc21. The van der Waals surface area contributed by atoms with Gasteiger partial charge >= 0.3 is 0 Å². The molecule has 0 atom stereocenters. The van der Waals surface area contributed by atoms with E-state index in [0.29, 0.717) is 0 Å². The second-order valence-electron chi connectivity index (χ2n) is 22.6. The number of rotatable bonds is 10. The summed E-state index contributed by atoms with van der Waals surface area (Å²) in [5.41, 5.74) is 30.4. The van der Waals surface area contributed by atoms with E-state index in [9.17, 15) is 0 Å². The van der Waals surface area contributed by atoms with E-state index in [2.05, 4.69) is 292 Å². The van der Waals surface area contributed by atoms with Crippen LogP contribution in [0.3, 0.4) is 0 Å². The lowest BCUT2D eigenvalue weighted by molar-refractivity contribution is 0.827. The number of aromatic nitrogens is 2. The molecule has 0 N–H and O–H groups in total. The third-order valence-electron chi connectivity index (χ3n) is 17.8. The van der Waals surface area contributed by atoms with Crippen molar-refractivity contribution in [2.24, 2.45) is 0 Å². The van der Waals surface area contributed by atoms with Crippen LogP contribution in [0.4, 0.5) is 0 Å². The molecule has 392 valence electrons. The summed E-state index contributed by atoms with van der Waals surface area (Å²) < 4.78 is 4.84. The van der Waals surface area contributed by atoms with Gasteiger partial charge in [-0.1, -0.05) is 223 Å². The minimum absolute atomic E-state index is 0.939. The standard InChI is InChI=1S/C80H62N2/c1-5-81-75-19-9-7-17-67(75)71-47-63(39-43-77(71)81)57-25-21-53(22-26-57)55-29-33-59(34-30-55)79-69-41-37-66(62-16-12-14-52(4)46-62)50-74(69)80(70-42-38-65(49-73(70)79)61-15-11-13-51(3)45-61)60-35-31-56(32-36-60)54-23-27-58(28-24-54)64-40-44-78-72(48-64)68-18-8-10-20-76(68)82(78)6-2/h7-37,39-41,43-50H,5-6,38,42H2,1-4H3. The normalized spacial score (nSPS) is 12.5. The Morgan fingerprint density at radius 3 is 1.16 bits per heavy atom. The second-order valence-corrected chi connectivity index (χ2v) is 22.6. The van der Waals surface area contributed by atoms with E-state index in [1.54, 1.807) is 0 Å². The Morgan fingerprint density at radius 1 is 0.280 bits per heavy atom. The molecule has 0 saturated heterocycles. The maximum atomic E-state index is 2.53. The molecule has 2 heteroatoms. The zero-order chi connectivity index (χ0) is 55.0. The number of para-hydroxylation sites is 2. The molecule has 2 nitrogen and oxygen atoms in total. The predicted molar refractivity (Wildman–Crippen MR) is 351 cm³/mol. The van der Waals surface area contributed by atoms with Crippen molar-refractivity contribution in [2.45, 2.75) is 53.6 Å². The molecule has 0 aliphatic heterocycles. The third-order valence-corrected chi connectivity index (χ3v) is 17.8. The fourth-order valence-corrected chi connectivity index (χ4v) is 13.7. The summed E-state index contributed by atoms with van der Waals surface area (Å²) in [6.07, 6.45) is 4.43. The van der Waals surface area contributed by atoms with Gasteiger partial charge in [-0.15, -0.1) is 0 Å². The van der Waals surface area contributed by atoms with Gasteiger partial charge in [0, 0.05) is 56.7 Å². The highest BCUT2D eigenvalue weighted by Crippen LogP contribution is 2.49. The smallest absolute Gasteiger partial charge is 0.0491 e. The van der Waals surface area contributed by atoms with Crippen molar-refractivity contribution in [3.8, 4) is 77.9 Å². The first-order valence-electron chi connectivity index (χ1n) is 29.3. The molecule has 15 rings (SSSR count). The molecule has 1 aliphatic carbocycles. The summed E-state index contributed by atoms with van der Waals surface area (Å²) in [5.74, 6) is 0. The van der Waals surface area contributed by atoms with Gasteiger partial charge in [0.15, 0.2) is 0 Å². The van der Waals surface area contributed by atoms with Crippen LogP contribution in [0.15, 0.2) is 249 Å². The Labute approximate surface area is 480 Å². The molecule has 0 spiro atoms. The predicted octanol–water partition coefficient (Wildman–Crippen LogP) is 21.9. The van der Waals surface area contributed by atoms with Gasteiger partial charge in [0.1, 0.15) is 0 Å². The minimum atomic E-state index is 0.939. The van der Waals surface area contributed by atoms with Gasteiger partial charge in [0.2, 0.25) is 0 Å². The number of allylic oxidation sites excluding steroid dienone is 1. The zero-order valence-corrected chi connectivity index (χ0v) is 47.0. The van der Waals surface area contributed by atoms with Crippen molar-refractivity contribution in [1.29, 1.82) is 0 Å². The molecule has 0 radical (unpaired) electrons. The van der Waals surface area contributed by atoms with Gasteiger partial charge < -0.3 is 9.13 Å². The minimum Gasteiger partial charge on any atom is -0.341 e. The number of benzene rings is 12. The van der Waals surface area contributed by atoms with Crippen molar-refractivity contribution in [2.75, 3.05) is 0 Å². The van der Waals surface area contributed by atoms with Crippen LogP contribution in [-0.2, 0) is 19.5 Å². The Morgan fingerprint density at radius 2 is 0.659 bits per heavy atom. The number of aryl methyl sites for hydroxylation is 4. The average molecular weight is 1050 g/mol.